The van der Waals surface area contributed by atoms with Crippen molar-refractivity contribution in [3.8, 4) is 11.3 Å². The van der Waals surface area contributed by atoms with Gasteiger partial charge in [-0.05, 0) is 58.0 Å². The molecule has 8 nitrogen and oxygen atoms in total. The maximum absolute atomic E-state index is 13.8. The zero-order valence-corrected chi connectivity index (χ0v) is 20.2. The minimum atomic E-state index is -4.77. The van der Waals surface area contributed by atoms with Crippen molar-refractivity contribution < 1.29 is 27.2 Å². The predicted octanol–water partition coefficient (Wildman–Crippen LogP) is 6.12. The molecule has 0 aliphatic heterocycles. The molecule has 0 radical (unpaired) electrons. The molecule has 36 heavy (non-hydrogen) atoms. The maximum Gasteiger partial charge on any atom is 0.418 e. The number of fused-ring (bicyclic) bond motifs is 1. The first-order valence-corrected chi connectivity index (χ1v) is 11.1. The first kappa shape index (κ1) is 25.0. The van der Waals surface area contributed by atoms with Gasteiger partial charge in [-0.15, -0.1) is 0 Å². The third-order valence-corrected chi connectivity index (χ3v) is 5.51. The Labute approximate surface area is 204 Å². The van der Waals surface area contributed by atoms with Crippen LogP contribution in [-0.4, -0.2) is 26.6 Å². The van der Waals surface area contributed by atoms with Crippen molar-refractivity contribution in [1.82, 2.24) is 14.8 Å². The first-order chi connectivity index (χ1) is 16.8. The average Bonchev–Trinajstić information content (AvgIpc) is 3.35. The van der Waals surface area contributed by atoms with Crippen LogP contribution in [0.3, 0.4) is 0 Å². The summed E-state index contributed by atoms with van der Waals surface area (Å²) in [6.07, 6.45) is -3.30. The number of alkyl halides is 3. The molecule has 11 heteroatoms. The minimum absolute atomic E-state index is 0.0366. The summed E-state index contributed by atoms with van der Waals surface area (Å²) in [5.74, 6) is -0.0303. The monoisotopic (exact) mass is 499 g/mol. The maximum atomic E-state index is 13.8. The lowest BCUT2D eigenvalue weighted by Gasteiger charge is -2.16. The fourth-order valence-electron chi connectivity index (χ4n) is 3.97. The summed E-state index contributed by atoms with van der Waals surface area (Å²) in [7, 11) is 0. The van der Waals surface area contributed by atoms with E-state index in [1.165, 1.54) is 25.3 Å². The van der Waals surface area contributed by atoms with Crippen LogP contribution in [0, 0.1) is 13.8 Å². The third kappa shape index (κ3) is 4.81. The molecule has 0 aliphatic carbocycles. The van der Waals surface area contributed by atoms with E-state index in [-0.39, 0.29) is 17.3 Å². The van der Waals surface area contributed by atoms with Crippen molar-refractivity contribution >= 4 is 34.2 Å². The van der Waals surface area contributed by atoms with Gasteiger partial charge in [0.05, 0.1) is 34.1 Å². The van der Waals surface area contributed by atoms with Crippen LogP contribution in [0.15, 0.2) is 40.9 Å². The van der Waals surface area contributed by atoms with Gasteiger partial charge in [0.2, 0.25) is 5.91 Å². The van der Waals surface area contributed by atoms with Crippen LogP contribution < -0.4 is 10.6 Å². The number of benzene rings is 1. The number of amides is 2. The van der Waals surface area contributed by atoms with Crippen LogP contribution in [0.5, 0.6) is 0 Å². The molecule has 0 fully saturated rings. The van der Waals surface area contributed by atoms with E-state index in [1.54, 1.807) is 24.6 Å². The number of carbonyl (C=O) groups is 2. The molecule has 0 unspecified atom stereocenters. The van der Waals surface area contributed by atoms with E-state index < -0.39 is 29.2 Å². The average molecular weight is 499 g/mol. The molecular weight excluding hydrogens is 475 g/mol. The van der Waals surface area contributed by atoms with Crippen molar-refractivity contribution in [2.45, 2.75) is 46.8 Å². The van der Waals surface area contributed by atoms with Gasteiger partial charge < -0.3 is 15.1 Å². The van der Waals surface area contributed by atoms with Gasteiger partial charge in [0.15, 0.2) is 5.65 Å². The molecule has 4 aromatic rings. The van der Waals surface area contributed by atoms with Crippen molar-refractivity contribution in [2.75, 3.05) is 10.6 Å². The second-order valence-electron chi connectivity index (χ2n) is 8.70. The molecule has 0 bridgehead atoms. The summed E-state index contributed by atoms with van der Waals surface area (Å²) >= 11 is 0. The Morgan fingerprint density at radius 1 is 1.08 bits per heavy atom. The van der Waals surface area contributed by atoms with Gasteiger partial charge in [-0.3, -0.25) is 9.59 Å². The van der Waals surface area contributed by atoms with Crippen LogP contribution in [0.4, 0.5) is 24.5 Å². The number of rotatable bonds is 5. The Balaban J connectivity index is 1.83. The van der Waals surface area contributed by atoms with E-state index in [0.717, 1.165) is 12.1 Å². The van der Waals surface area contributed by atoms with Crippen molar-refractivity contribution in [3.63, 3.8) is 0 Å². The summed E-state index contributed by atoms with van der Waals surface area (Å²) in [6, 6.07) is 6.38. The number of aromatic nitrogens is 3. The van der Waals surface area contributed by atoms with E-state index in [9.17, 15) is 22.8 Å². The van der Waals surface area contributed by atoms with E-state index in [1.807, 2.05) is 13.8 Å². The molecule has 0 saturated carbocycles. The molecule has 2 amide bonds. The lowest BCUT2D eigenvalue weighted by Crippen LogP contribution is -2.18. The molecule has 0 saturated heterocycles. The second kappa shape index (κ2) is 9.14. The predicted molar refractivity (Wildman–Crippen MR) is 129 cm³/mol. The van der Waals surface area contributed by atoms with Gasteiger partial charge in [0.25, 0.3) is 5.91 Å². The number of hydrogen-bond donors (Lipinski definition) is 2. The molecule has 0 spiro atoms. The molecule has 3 aromatic heterocycles. The second-order valence-corrected chi connectivity index (χ2v) is 8.70. The lowest BCUT2D eigenvalue weighted by molar-refractivity contribution is -0.137. The Morgan fingerprint density at radius 3 is 2.39 bits per heavy atom. The number of pyridine rings is 1. The molecule has 3 heterocycles. The fourth-order valence-corrected chi connectivity index (χ4v) is 3.97. The Hall–Kier alpha value is -4.15. The van der Waals surface area contributed by atoms with Gasteiger partial charge >= 0.3 is 6.18 Å². The van der Waals surface area contributed by atoms with Crippen molar-refractivity contribution in [1.29, 1.82) is 0 Å². The molecular formula is C25H24F3N5O3. The zero-order chi connectivity index (χ0) is 26.4. The van der Waals surface area contributed by atoms with E-state index in [0.29, 0.717) is 33.8 Å². The number of halogens is 3. The van der Waals surface area contributed by atoms with Gasteiger partial charge in [-0.25, -0.2) is 9.67 Å². The molecule has 1 aromatic carbocycles. The number of anilines is 2. The van der Waals surface area contributed by atoms with E-state index in [4.69, 9.17) is 4.42 Å². The summed E-state index contributed by atoms with van der Waals surface area (Å²) in [5, 5.41) is 9.43. The zero-order valence-electron chi connectivity index (χ0n) is 20.2. The summed E-state index contributed by atoms with van der Waals surface area (Å²) in [5.41, 5.74) is 0.0520. The highest BCUT2D eigenvalue weighted by Gasteiger charge is 2.35. The summed E-state index contributed by atoms with van der Waals surface area (Å²) in [6.45, 7) is 8.54. The minimum Gasteiger partial charge on any atom is -0.466 e. The molecule has 4 rings (SSSR count). The molecule has 2 N–H and O–H groups in total. The Kier molecular flexibility index (Phi) is 6.33. The first-order valence-electron chi connectivity index (χ1n) is 11.1. The molecule has 0 atom stereocenters. The van der Waals surface area contributed by atoms with Crippen molar-refractivity contribution in [3.05, 3.63) is 59.2 Å². The van der Waals surface area contributed by atoms with E-state index >= 15 is 0 Å². The normalized spacial score (nSPS) is 11.8. The van der Waals surface area contributed by atoms with Gasteiger partial charge in [0.1, 0.15) is 11.5 Å². The lowest BCUT2D eigenvalue weighted by atomic mass is 10.1. The van der Waals surface area contributed by atoms with Crippen molar-refractivity contribution in [2.24, 2.45) is 0 Å². The Morgan fingerprint density at radius 2 is 1.81 bits per heavy atom. The molecule has 188 valence electrons. The Bertz CT molecular complexity index is 1480. The number of furan rings is 1. The number of nitrogens with one attached hydrogen (secondary N) is 2. The summed E-state index contributed by atoms with van der Waals surface area (Å²) in [4.78, 5) is 29.4. The van der Waals surface area contributed by atoms with Gasteiger partial charge in [-0.1, -0.05) is 0 Å². The number of hydrogen-bond acceptors (Lipinski definition) is 5. The number of nitrogens with zero attached hydrogens (tertiary/aromatic N) is 3. The van der Waals surface area contributed by atoms with Crippen LogP contribution in [0.25, 0.3) is 22.3 Å². The highest BCUT2D eigenvalue weighted by atomic mass is 19.4. The SMILES string of the molecule is CC(=O)Nc1ccc(NC(=O)c2cc(-c3cc(C)oc3C)nc3c2cnn3C(C)C)c(C(F)(F)F)c1. The molecule has 0 aliphatic rings. The van der Waals surface area contributed by atoms with Gasteiger partial charge in [-0.2, -0.15) is 18.3 Å². The van der Waals surface area contributed by atoms with Crippen LogP contribution in [0.1, 0.15) is 54.3 Å². The van der Waals surface area contributed by atoms with Crippen LogP contribution >= 0.6 is 0 Å². The quantitative estimate of drug-likeness (QED) is 0.345. The van der Waals surface area contributed by atoms with E-state index in [2.05, 4.69) is 20.7 Å². The number of aryl methyl sites for hydroxylation is 2. The van der Waals surface area contributed by atoms with Gasteiger partial charge in [0, 0.05) is 24.2 Å². The van der Waals surface area contributed by atoms with Crippen LogP contribution in [0.2, 0.25) is 0 Å². The highest BCUT2D eigenvalue weighted by Crippen LogP contribution is 2.37. The third-order valence-electron chi connectivity index (χ3n) is 5.51. The smallest absolute Gasteiger partial charge is 0.418 e. The fraction of sp³-hybridized carbons (Fsp3) is 0.280. The number of carbonyl (C=O) groups excluding carboxylic acids is 2. The summed E-state index contributed by atoms with van der Waals surface area (Å²) < 4.78 is 48.6. The largest absolute Gasteiger partial charge is 0.466 e. The topological polar surface area (TPSA) is 102 Å². The standard InChI is InChI=1S/C25H24F3N5O3/c1-12(2)33-23-19(11-29-33)18(10-22(31-23)17-8-13(3)36-14(17)4)24(35)32-21-7-6-16(30-15(5)34)9-20(21)25(26,27)28/h6-12H,1-5H3,(H,30,34)(H,32,35). The highest BCUT2D eigenvalue weighted by molar-refractivity contribution is 6.13. The van der Waals surface area contributed by atoms with Crippen LogP contribution in [-0.2, 0) is 11.0 Å².